The summed E-state index contributed by atoms with van der Waals surface area (Å²) in [6.07, 6.45) is -4.61. The van der Waals surface area contributed by atoms with E-state index in [1.165, 1.54) is 30.3 Å². The van der Waals surface area contributed by atoms with Gasteiger partial charge in [0.25, 0.3) is 0 Å². The number of thiocarbonyl (C=S) groups is 1. The summed E-state index contributed by atoms with van der Waals surface area (Å²) >= 11 is 5.11. The van der Waals surface area contributed by atoms with Crippen molar-refractivity contribution in [3.05, 3.63) is 71.9 Å². The largest absolute Gasteiger partial charge is 0.508 e. The average molecular weight is 407 g/mol. The number of hydrogen-bond acceptors (Lipinski definition) is 3. The van der Waals surface area contributed by atoms with Crippen LogP contribution < -0.4 is 16.0 Å². The molecule has 1 fully saturated rings. The van der Waals surface area contributed by atoms with Crippen molar-refractivity contribution < 1.29 is 23.1 Å². The van der Waals surface area contributed by atoms with Crippen molar-refractivity contribution in [2.45, 2.75) is 12.2 Å². The van der Waals surface area contributed by atoms with E-state index in [1.54, 1.807) is 12.1 Å². The lowest BCUT2D eigenvalue weighted by Crippen LogP contribution is -2.51. The van der Waals surface area contributed by atoms with Crippen molar-refractivity contribution >= 4 is 28.9 Å². The van der Waals surface area contributed by atoms with Gasteiger partial charge in [-0.1, -0.05) is 30.8 Å². The number of hydrogen-bond donors (Lipinski definition) is 4. The fraction of sp³-hybridized carbons (Fsp3) is 0.158. The van der Waals surface area contributed by atoms with Gasteiger partial charge in [-0.25, -0.2) is 0 Å². The molecule has 2 atom stereocenters. The predicted molar refractivity (Wildman–Crippen MR) is 102 cm³/mol. The van der Waals surface area contributed by atoms with Crippen molar-refractivity contribution in [3.8, 4) is 5.75 Å². The monoisotopic (exact) mass is 407 g/mol. The fourth-order valence-electron chi connectivity index (χ4n) is 3.00. The van der Waals surface area contributed by atoms with Crippen molar-refractivity contribution in [1.82, 2.24) is 10.6 Å². The highest BCUT2D eigenvalue weighted by Crippen LogP contribution is 2.36. The summed E-state index contributed by atoms with van der Waals surface area (Å²) in [6, 6.07) is 10.2. The maximum atomic E-state index is 13.2. The molecule has 3 rings (SSSR count). The second-order valence-corrected chi connectivity index (χ2v) is 6.61. The number of aromatic hydroxyl groups is 1. The second kappa shape index (κ2) is 7.51. The Balaban J connectivity index is 1.93. The molecule has 0 radical (unpaired) electrons. The van der Waals surface area contributed by atoms with Crippen LogP contribution in [0.2, 0.25) is 0 Å². The zero-order valence-corrected chi connectivity index (χ0v) is 15.2. The summed E-state index contributed by atoms with van der Waals surface area (Å²) in [7, 11) is 0. The van der Waals surface area contributed by atoms with Gasteiger partial charge < -0.3 is 21.1 Å². The van der Waals surface area contributed by atoms with Crippen LogP contribution in [0.5, 0.6) is 5.75 Å². The van der Waals surface area contributed by atoms with Crippen LogP contribution in [0.25, 0.3) is 0 Å². The highest BCUT2D eigenvalue weighted by Gasteiger charge is 2.38. The van der Waals surface area contributed by atoms with Crippen LogP contribution >= 0.6 is 12.2 Å². The number of phenolic OH excluding ortho intramolecular Hbond substituents is 1. The van der Waals surface area contributed by atoms with Crippen LogP contribution in [-0.4, -0.2) is 16.1 Å². The van der Waals surface area contributed by atoms with Crippen molar-refractivity contribution in [2.75, 3.05) is 5.32 Å². The third-order valence-electron chi connectivity index (χ3n) is 4.29. The van der Waals surface area contributed by atoms with E-state index in [-0.39, 0.29) is 22.2 Å². The van der Waals surface area contributed by atoms with E-state index in [2.05, 4.69) is 22.5 Å². The lowest BCUT2D eigenvalue weighted by Gasteiger charge is -2.35. The number of carbonyl (C=O) groups excluding carboxylic acids is 1. The lowest BCUT2D eigenvalue weighted by atomic mass is 9.88. The fourth-order valence-corrected chi connectivity index (χ4v) is 3.26. The summed E-state index contributed by atoms with van der Waals surface area (Å²) in [5.74, 6) is -1.58. The molecule has 0 bridgehead atoms. The Hall–Kier alpha value is -3.07. The SMILES string of the molecule is C=C1NC(=S)N[C@H](c2ccc(O)cc2)[C@@H]1C(=O)Nc1ccccc1C(F)(F)F. The zero-order valence-electron chi connectivity index (χ0n) is 14.4. The Bertz CT molecular complexity index is 929. The highest BCUT2D eigenvalue weighted by molar-refractivity contribution is 7.80. The molecule has 0 saturated carbocycles. The molecule has 2 aromatic carbocycles. The number of alkyl halides is 3. The molecule has 0 aliphatic carbocycles. The third kappa shape index (κ3) is 4.09. The van der Waals surface area contributed by atoms with Gasteiger partial charge in [0.15, 0.2) is 5.11 Å². The molecule has 1 saturated heterocycles. The van der Waals surface area contributed by atoms with Crippen LogP contribution in [0, 0.1) is 5.92 Å². The average Bonchev–Trinajstić information content (AvgIpc) is 2.61. The molecule has 28 heavy (non-hydrogen) atoms. The minimum atomic E-state index is -4.61. The molecule has 146 valence electrons. The van der Waals surface area contributed by atoms with Gasteiger partial charge in [-0.2, -0.15) is 13.2 Å². The quantitative estimate of drug-likeness (QED) is 0.584. The maximum absolute atomic E-state index is 13.2. The number of phenols is 1. The van der Waals surface area contributed by atoms with E-state index >= 15 is 0 Å². The Kier molecular flexibility index (Phi) is 5.28. The molecule has 1 aliphatic rings. The normalized spacial score (nSPS) is 19.5. The second-order valence-electron chi connectivity index (χ2n) is 6.20. The van der Waals surface area contributed by atoms with Gasteiger partial charge in [-0.3, -0.25) is 4.79 Å². The summed E-state index contributed by atoms with van der Waals surface area (Å²) in [6.45, 7) is 3.80. The molecule has 4 N–H and O–H groups in total. The van der Waals surface area contributed by atoms with Gasteiger partial charge in [0, 0.05) is 5.70 Å². The van der Waals surface area contributed by atoms with E-state index in [4.69, 9.17) is 12.2 Å². The van der Waals surface area contributed by atoms with Crippen molar-refractivity contribution in [1.29, 1.82) is 0 Å². The van der Waals surface area contributed by atoms with Crippen LogP contribution in [0.4, 0.5) is 18.9 Å². The molecular formula is C19H16F3N3O2S. The number of halogens is 3. The number of para-hydroxylation sites is 1. The smallest absolute Gasteiger partial charge is 0.418 e. The topological polar surface area (TPSA) is 73.4 Å². The molecule has 9 heteroatoms. The molecule has 1 amide bonds. The number of carbonyl (C=O) groups is 1. The number of amides is 1. The van der Waals surface area contributed by atoms with Gasteiger partial charge in [0.2, 0.25) is 5.91 Å². The molecular weight excluding hydrogens is 391 g/mol. The number of rotatable bonds is 3. The molecule has 0 aromatic heterocycles. The summed E-state index contributed by atoms with van der Waals surface area (Å²) < 4.78 is 39.6. The Morgan fingerprint density at radius 1 is 1.14 bits per heavy atom. The Morgan fingerprint density at radius 3 is 2.43 bits per heavy atom. The van der Waals surface area contributed by atoms with Gasteiger partial charge >= 0.3 is 6.18 Å². The van der Waals surface area contributed by atoms with E-state index in [9.17, 15) is 23.1 Å². The summed E-state index contributed by atoms with van der Waals surface area (Å²) in [5.41, 5.74) is -0.413. The molecule has 5 nitrogen and oxygen atoms in total. The van der Waals surface area contributed by atoms with Crippen LogP contribution in [-0.2, 0) is 11.0 Å². The van der Waals surface area contributed by atoms with Crippen molar-refractivity contribution in [2.24, 2.45) is 5.92 Å². The first-order valence-electron chi connectivity index (χ1n) is 8.19. The summed E-state index contributed by atoms with van der Waals surface area (Å²) in [5, 5.41) is 17.7. The predicted octanol–water partition coefficient (Wildman–Crippen LogP) is 3.70. The first kappa shape index (κ1) is 19.7. The van der Waals surface area contributed by atoms with E-state index in [0.717, 1.165) is 6.07 Å². The summed E-state index contributed by atoms with van der Waals surface area (Å²) in [4.78, 5) is 12.9. The number of benzene rings is 2. The van der Waals surface area contributed by atoms with E-state index < -0.39 is 29.6 Å². The van der Waals surface area contributed by atoms with Crippen molar-refractivity contribution in [3.63, 3.8) is 0 Å². The molecule has 1 heterocycles. The van der Waals surface area contributed by atoms with Crippen LogP contribution in [0.1, 0.15) is 17.2 Å². The molecule has 2 aromatic rings. The zero-order chi connectivity index (χ0) is 20.5. The number of anilines is 1. The van der Waals surface area contributed by atoms with Crippen LogP contribution in [0.3, 0.4) is 0 Å². The lowest BCUT2D eigenvalue weighted by molar-refractivity contribution is -0.137. The van der Waals surface area contributed by atoms with Gasteiger partial charge in [-0.15, -0.1) is 0 Å². The maximum Gasteiger partial charge on any atom is 0.418 e. The Labute approximate surface area is 164 Å². The standard InChI is InChI=1S/C19H16F3N3O2S/c1-10-15(16(25-18(28)23-10)11-6-8-12(26)9-7-11)17(27)24-14-5-3-2-4-13(14)19(20,21)22/h2-9,15-16,26H,1H2,(H,24,27)(H2,23,25,28)/t15-,16-/m1/s1. The molecule has 1 aliphatic heterocycles. The van der Waals surface area contributed by atoms with Crippen LogP contribution in [0.15, 0.2) is 60.8 Å². The molecule has 0 unspecified atom stereocenters. The van der Waals surface area contributed by atoms with Gasteiger partial charge in [-0.05, 0) is 42.0 Å². The van der Waals surface area contributed by atoms with E-state index in [1.807, 2.05) is 0 Å². The minimum absolute atomic E-state index is 0.0409. The first-order valence-corrected chi connectivity index (χ1v) is 8.60. The first-order chi connectivity index (χ1) is 13.2. The number of nitrogens with one attached hydrogen (secondary N) is 3. The third-order valence-corrected chi connectivity index (χ3v) is 4.51. The Morgan fingerprint density at radius 2 is 1.79 bits per heavy atom. The minimum Gasteiger partial charge on any atom is -0.508 e. The molecule has 0 spiro atoms. The van der Waals surface area contributed by atoms with E-state index in [0.29, 0.717) is 5.56 Å². The highest BCUT2D eigenvalue weighted by atomic mass is 32.1. The van der Waals surface area contributed by atoms with Gasteiger partial charge in [0.05, 0.1) is 17.3 Å². The van der Waals surface area contributed by atoms with Gasteiger partial charge in [0.1, 0.15) is 11.7 Å².